The maximum absolute atomic E-state index is 11.9. The lowest BCUT2D eigenvalue weighted by Gasteiger charge is -2.19. The molecule has 0 saturated heterocycles. The maximum atomic E-state index is 11.9. The van der Waals surface area contributed by atoms with E-state index in [1.165, 1.54) is 0 Å². The van der Waals surface area contributed by atoms with E-state index in [4.69, 9.17) is 0 Å². The lowest BCUT2D eigenvalue weighted by Crippen LogP contribution is -2.28. The highest BCUT2D eigenvalue weighted by Gasteiger charge is 2.29. The average Bonchev–Trinajstić information content (AvgIpc) is 2.86. The summed E-state index contributed by atoms with van der Waals surface area (Å²) in [4.78, 5) is 27.0. The van der Waals surface area contributed by atoms with Gasteiger partial charge in [0.2, 0.25) is 5.82 Å². The van der Waals surface area contributed by atoms with Gasteiger partial charge in [-0.2, -0.15) is 0 Å². The van der Waals surface area contributed by atoms with Crippen molar-refractivity contribution in [1.29, 1.82) is 0 Å². The summed E-state index contributed by atoms with van der Waals surface area (Å²) in [7, 11) is 0. The molecule has 0 radical (unpaired) electrons. The number of nitrogens with one attached hydrogen (secondary N) is 2. The van der Waals surface area contributed by atoms with Gasteiger partial charge >= 0.3 is 5.97 Å². The van der Waals surface area contributed by atoms with Crippen molar-refractivity contribution in [3.63, 3.8) is 0 Å². The molecule has 2 aromatic rings. The SMILES string of the molecule is Cc1nc(C(=O)Nc2ccc(C(C)(C)C(=O)O)cc2)n[nH]1. The minimum absolute atomic E-state index is 0.0578. The number of hydrogen-bond acceptors (Lipinski definition) is 4. The zero-order chi connectivity index (χ0) is 15.6. The van der Waals surface area contributed by atoms with Gasteiger partial charge < -0.3 is 10.4 Å². The molecule has 0 bridgehead atoms. The van der Waals surface area contributed by atoms with Gasteiger partial charge in [0.05, 0.1) is 5.41 Å². The number of nitrogens with zero attached hydrogens (tertiary/aromatic N) is 2. The fraction of sp³-hybridized carbons (Fsp3) is 0.286. The van der Waals surface area contributed by atoms with E-state index in [0.717, 1.165) is 0 Å². The third kappa shape index (κ3) is 3.07. The van der Waals surface area contributed by atoms with Crippen molar-refractivity contribution in [3.05, 3.63) is 41.5 Å². The number of hydrogen-bond donors (Lipinski definition) is 3. The van der Waals surface area contributed by atoms with Gasteiger partial charge in [0, 0.05) is 5.69 Å². The molecule has 0 aliphatic heterocycles. The number of aromatic amines is 1. The number of carbonyl (C=O) groups is 2. The lowest BCUT2D eigenvalue weighted by molar-refractivity contribution is -0.142. The zero-order valence-electron chi connectivity index (χ0n) is 12.0. The summed E-state index contributed by atoms with van der Waals surface area (Å²) in [5.74, 6) is -0.721. The van der Waals surface area contributed by atoms with Crippen LogP contribution in [0.5, 0.6) is 0 Å². The Labute approximate surface area is 121 Å². The van der Waals surface area contributed by atoms with Crippen LogP contribution in [0.2, 0.25) is 0 Å². The highest BCUT2D eigenvalue weighted by molar-refractivity contribution is 6.01. The Morgan fingerprint density at radius 3 is 2.33 bits per heavy atom. The van der Waals surface area contributed by atoms with Gasteiger partial charge in [0.25, 0.3) is 5.91 Å². The van der Waals surface area contributed by atoms with Crippen molar-refractivity contribution >= 4 is 17.6 Å². The molecule has 1 aromatic carbocycles. The molecule has 110 valence electrons. The number of aryl methyl sites for hydroxylation is 1. The number of rotatable bonds is 4. The molecule has 0 fully saturated rings. The summed E-state index contributed by atoms with van der Waals surface area (Å²) >= 11 is 0. The van der Waals surface area contributed by atoms with E-state index in [2.05, 4.69) is 20.5 Å². The summed E-state index contributed by atoms with van der Waals surface area (Å²) in [6, 6.07) is 6.65. The molecule has 0 aliphatic carbocycles. The Balaban J connectivity index is 2.13. The van der Waals surface area contributed by atoms with Crippen molar-refractivity contribution in [1.82, 2.24) is 15.2 Å². The molecule has 3 N–H and O–H groups in total. The first-order valence-electron chi connectivity index (χ1n) is 6.35. The fourth-order valence-corrected chi connectivity index (χ4v) is 1.72. The number of aromatic nitrogens is 3. The zero-order valence-corrected chi connectivity index (χ0v) is 12.0. The van der Waals surface area contributed by atoms with Crippen LogP contribution in [0.3, 0.4) is 0 Å². The van der Waals surface area contributed by atoms with Crippen molar-refractivity contribution in [2.75, 3.05) is 5.32 Å². The molecule has 21 heavy (non-hydrogen) atoms. The van der Waals surface area contributed by atoms with Crippen LogP contribution in [0, 0.1) is 6.92 Å². The average molecular weight is 288 g/mol. The van der Waals surface area contributed by atoms with E-state index >= 15 is 0 Å². The molecule has 0 unspecified atom stereocenters. The molecule has 0 atom stereocenters. The van der Waals surface area contributed by atoms with Crippen LogP contribution in [0.25, 0.3) is 0 Å². The minimum Gasteiger partial charge on any atom is -0.481 e. The third-order valence-corrected chi connectivity index (χ3v) is 3.20. The van der Waals surface area contributed by atoms with Crippen LogP contribution in [0.4, 0.5) is 5.69 Å². The lowest BCUT2D eigenvalue weighted by atomic mass is 9.85. The number of benzene rings is 1. The van der Waals surface area contributed by atoms with Gasteiger partial charge in [-0.1, -0.05) is 12.1 Å². The second-order valence-corrected chi connectivity index (χ2v) is 5.21. The van der Waals surface area contributed by atoms with Crippen LogP contribution in [-0.4, -0.2) is 32.2 Å². The molecule has 7 heteroatoms. The minimum atomic E-state index is -0.983. The first kappa shape index (κ1) is 14.7. The van der Waals surface area contributed by atoms with Crippen LogP contribution in [0.15, 0.2) is 24.3 Å². The van der Waals surface area contributed by atoms with E-state index in [-0.39, 0.29) is 5.82 Å². The largest absolute Gasteiger partial charge is 0.481 e. The third-order valence-electron chi connectivity index (χ3n) is 3.20. The number of carboxylic acids is 1. The van der Waals surface area contributed by atoms with Gasteiger partial charge in [-0.3, -0.25) is 14.7 Å². The number of carboxylic acid groups (broad SMARTS) is 1. The molecule has 7 nitrogen and oxygen atoms in total. The summed E-state index contributed by atoms with van der Waals surface area (Å²) in [6.45, 7) is 4.95. The second-order valence-electron chi connectivity index (χ2n) is 5.21. The topological polar surface area (TPSA) is 108 Å². The van der Waals surface area contributed by atoms with Gasteiger partial charge in [-0.15, -0.1) is 5.10 Å². The predicted octanol–water partition coefficient (Wildman–Crippen LogP) is 1.73. The van der Waals surface area contributed by atoms with Gasteiger partial charge in [-0.25, -0.2) is 4.98 Å². The maximum Gasteiger partial charge on any atom is 0.313 e. The monoisotopic (exact) mass is 288 g/mol. The number of H-pyrrole nitrogens is 1. The Bertz CT molecular complexity index is 674. The molecule has 0 saturated carbocycles. The Morgan fingerprint density at radius 1 is 1.24 bits per heavy atom. The highest BCUT2D eigenvalue weighted by Crippen LogP contribution is 2.24. The molecular weight excluding hydrogens is 272 g/mol. The van der Waals surface area contributed by atoms with Crippen LogP contribution >= 0.6 is 0 Å². The molecule has 2 rings (SSSR count). The molecular formula is C14H16N4O3. The van der Waals surface area contributed by atoms with E-state index < -0.39 is 17.3 Å². The normalized spacial score (nSPS) is 11.2. The number of amides is 1. The summed E-state index contributed by atoms with van der Waals surface area (Å²) < 4.78 is 0. The Hall–Kier alpha value is -2.70. The van der Waals surface area contributed by atoms with Crippen LogP contribution in [-0.2, 0) is 10.2 Å². The van der Waals surface area contributed by atoms with Gasteiger partial charge in [-0.05, 0) is 38.5 Å². The van der Waals surface area contributed by atoms with E-state index in [0.29, 0.717) is 17.1 Å². The van der Waals surface area contributed by atoms with Crippen LogP contribution in [0.1, 0.15) is 35.9 Å². The Kier molecular flexibility index (Phi) is 3.75. The van der Waals surface area contributed by atoms with Crippen LogP contribution < -0.4 is 5.32 Å². The van der Waals surface area contributed by atoms with E-state index in [1.54, 1.807) is 45.0 Å². The van der Waals surface area contributed by atoms with Crippen molar-refractivity contribution < 1.29 is 14.7 Å². The number of aliphatic carboxylic acids is 1. The summed E-state index contributed by atoms with van der Waals surface area (Å²) in [6.07, 6.45) is 0. The Morgan fingerprint density at radius 2 is 1.86 bits per heavy atom. The standard InChI is InChI=1S/C14H16N4O3/c1-8-15-11(18-17-8)12(19)16-10-6-4-9(5-7-10)14(2,3)13(20)21/h4-7H,1-3H3,(H,16,19)(H,20,21)(H,15,17,18). The molecule has 1 aromatic heterocycles. The number of anilines is 1. The molecule has 0 spiro atoms. The predicted molar refractivity (Wildman–Crippen MR) is 76.2 cm³/mol. The van der Waals surface area contributed by atoms with E-state index in [1.807, 2.05) is 0 Å². The van der Waals surface area contributed by atoms with E-state index in [9.17, 15) is 14.7 Å². The first-order valence-corrected chi connectivity index (χ1v) is 6.35. The first-order chi connectivity index (χ1) is 9.80. The number of carbonyl (C=O) groups excluding carboxylic acids is 1. The summed E-state index contributed by atoms with van der Waals surface area (Å²) in [5.41, 5.74) is 0.220. The van der Waals surface area contributed by atoms with Crippen molar-refractivity contribution in [3.8, 4) is 0 Å². The van der Waals surface area contributed by atoms with Gasteiger partial charge in [0.1, 0.15) is 5.82 Å². The van der Waals surface area contributed by atoms with Gasteiger partial charge in [0.15, 0.2) is 0 Å². The van der Waals surface area contributed by atoms with Crippen molar-refractivity contribution in [2.45, 2.75) is 26.2 Å². The molecule has 0 aliphatic rings. The highest BCUT2D eigenvalue weighted by atomic mass is 16.4. The quantitative estimate of drug-likeness (QED) is 0.794. The molecule has 1 amide bonds. The smallest absolute Gasteiger partial charge is 0.313 e. The fourth-order valence-electron chi connectivity index (χ4n) is 1.72. The summed E-state index contributed by atoms with van der Waals surface area (Å²) in [5, 5.41) is 18.2. The molecule has 1 heterocycles. The van der Waals surface area contributed by atoms with Crippen molar-refractivity contribution in [2.24, 2.45) is 0 Å². The second kappa shape index (κ2) is 5.35.